The molecule has 0 spiro atoms. The maximum atomic E-state index is 13.1. The lowest BCUT2D eigenvalue weighted by atomic mass is 10.0. The molecule has 1 atom stereocenters. The summed E-state index contributed by atoms with van der Waals surface area (Å²) in [5, 5.41) is 0. The molecule has 2 heterocycles. The van der Waals surface area contributed by atoms with Gasteiger partial charge >= 0.3 is 0 Å². The summed E-state index contributed by atoms with van der Waals surface area (Å²) in [6.07, 6.45) is 7.79. The number of hydrogen-bond acceptors (Lipinski definition) is 4. The molecule has 0 bridgehead atoms. The molecule has 5 heteroatoms. The topological polar surface area (TPSA) is 49.3 Å². The smallest absolute Gasteiger partial charge is 0.253 e. The molecule has 3 aromatic rings. The van der Waals surface area contributed by atoms with Gasteiger partial charge in [-0.15, -0.1) is 0 Å². The van der Waals surface area contributed by atoms with Crippen LogP contribution in [0.5, 0.6) is 0 Å². The van der Waals surface area contributed by atoms with Gasteiger partial charge in [0.2, 0.25) is 0 Å². The van der Waals surface area contributed by atoms with Crippen molar-refractivity contribution >= 4 is 16.9 Å². The number of nitrogens with zero attached hydrogens (tertiary/aromatic N) is 4. The van der Waals surface area contributed by atoms with Gasteiger partial charge in [0.05, 0.1) is 11.0 Å². The highest BCUT2D eigenvalue weighted by Crippen LogP contribution is 2.19. The van der Waals surface area contributed by atoms with Gasteiger partial charge in [-0.2, -0.15) is 0 Å². The van der Waals surface area contributed by atoms with Crippen molar-refractivity contribution in [1.29, 1.82) is 0 Å². The molecule has 0 radical (unpaired) electrons. The van der Waals surface area contributed by atoms with Crippen LogP contribution in [-0.2, 0) is 6.42 Å². The maximum Gasteiger partial charge on any atom is 0.253 e. The molecule has 150 valence electrons. The van der Waals surface area contributed by atoms with Crippen molar-refractivity contribution in [3.05, 3.63) is 72.1 Å². The lowest BCUT2D eigenvalue weighted by Gasteiger charge is -2.37. The van der Waals surface area contributed by atoms with Crippen molar-refractivity contribution in [1.82, 2.24) is 19.8 Å². The fourth-order valence-electron chi connectivity index (χ4n) is 4.17. The van der Waals surface area contributed by atoms with Crippen LogP contribution in [0.15, 0.2) is 60.9 Å². The van der Waals surface area contributed by atoms with Gasteiger partial charge in [0.25, 0.3) is 5.91 Å². The first-order chi connectivity index (χ1) is 14.2. The summed E-state index contributed by atoms with van der Waals surface area (Å²) < 4.78 is 0. The summed E-state index contributed by atoms with van der Waals surface area (Å²) in [4.78, 5) is 26.1. The zero-order valence-corrected chi connectivity index (χ0v) is 17.0. The predicted octanol–water partition coefficient (Wildman–Crippen LogP) is 3.80. The molecule has 5 nitrogen and oxygen atoms in total. The quantitative estimate of drug-likeness (QED) is 0.644. The molecule has 0 saturated carbocycles. The molecule has 0 aliphatic carbocycles. The second kappa shape index (κ2) is 9.14. The molecule has 1 unspecified atom stereocenters. The van der Waals surface area contributed by atoms with Crippen LogP contribution in [0.2, 0.25) is 0 Å². The molecule has 1 aliphatic rings. The maximum absolute atomic E-state index is 13.1. The van der Waals surface area contributed by atoms with E-state index in [0.717, 1.165) is 56.4 Å². The van der Waals surface area contributed by atoms with E-state index in [1.807, 2.05) is 30.1 Å². The highest BCUT2D eigenvalue weighted by molar-refractivity contribution is 5.97. The number of benzene rings is 2. The first kappa shape index (κ1) is 19.5. The Hall–Kier alpha value is -2.79. The fourth-order valence-corrected chi connectivity index (χ4v) is 4.17. The highest BCUT2D eigenvalue weighted by Gasteiger charge is 2.26. The normalized spacial score (nSPS) is 17.3. The minimum absolute atomic E-state index is 0.0636. The number of hydrogen-bond donors (Lipinski definition) is 0. The number of aryl methyl sites for hydroxylation is 1. The first-order valence-corrected chi connectivity index (χ1v) is 10.4. The molecular formula is C24H28N4O. The van der Waals surface area contributed by atoms with Gasteiger partial charge in [-0.05, 0) is 62.5 Å². The number of piperidine rings is 1. The zero-order chi connectivity index (χ0) is 20.1. The molecule has 29 heavy (non-hydrogen) atoms. The summed E-state index contributed by atoms with van der Waals surface area (Å²) in [5.74, 6) is 0.0636. The Kier molecular flexibility index (Phi) is 6.15. The SMILES string of the molecule is CN(C(=O)c1ccc2nccnc2c1)C1CCCN(CCCc2ccccc2)C1. The molecule has 1 fully saturated rings. The monoisotopic (exact) mass is 388 g/mol. The Labute approximate surface area is 172 Å². The van der Waals surface area contributed by atoms with E-state index in [1.165, 1.54) is 5.56 Å². The molecule has 0 N–H and O–H groups in total. The number of carbonyl (C=O) groups is 1. The van der Waals surface area contributed by atoms with Crippen LogP contribution in [0.1, 0.15) is 35.2 Å². The van der Waals surface area contributed by atoms with Gasteiger partial charge in [0.1, 0.15) is 0 Å². The summed E-state index contributed by atoms with van der Waals surface area (Å²) in [5.41, 5.74) is 3.65. The lowest BCUT2D eigenvalue weighted by molar-refractivity contribution is 0.0617. The lowest BCUT2D eigenvalue weighted by Crippen LogP contribution is -2.48. The first-order valence-electron chi connectivity index (χ1n) is 10.4. The number of aromatic nitrogens is 2. The number of likely N-dealkylation sites (N-methyl/N-ethyl adjacent to an activating group) is 1. The van der Waals surface area contributed by atoms with Gasteiger partial charge < -0.3 is 9.80 Å². The van der Waals surface area contributed by atoms with Crippen molar-refractivity contribution in [2.75, 3.05) is 26.7 Å². The largest absolute Gasteiger partial charge is 0.337 e. The molecule has 4 rings (SSSR count). The summed E-state index contributed by atoms with van der Waals surface area (Å²) in [7, 11) is 1.93. The second-order valence-corrected chi connectivity index (χ2v) is 7.86. The Balaban J connectivity index is 1.34. The Morgan fingerprint density at radius 1 is 1.10 bits per heavy atom. The molecule has 1 aliphatic heterocycles. The molecule has 1 aromatic heterocycles. The minimum atomic E-state index is 0.0636. The summed E-state index contributed by atoms with van der Waals surface area (Å²) in [6, 6.07) is 16.5. The summed E-state index contributed by atoms with van der Waals surface area (Å²) in [6.45, 7) is 3.16. The van der Waals surface area contributed by atoms with E-state index in [2.05, 4.69) is 45.2 Å². The molecule has 1 saturated heterocycles. The predicted molar refractivity (Wildman–Crippen MR) is 116 cm³/mol. The van der Waals surface area contributed by atoms with E-state index in [9.17, 15) is 4.79 Å². The second-order valence-electron chi connectivity index (χ2n) is 7.86. The van der Waals surface area contributed by atoms with Crippen LogP contribution in [0.25, 0.3) is 11.0 Å². The van der Waals surface area contributed by atoms with Crippen molar-refractivity contribution in [3.63, 3.8) is 0 Å². The average molecular weight is 389 g/mol. The minimum Gasteiger partial charge on any atom is -0.337 e. The van der Waals surface area contributed by atoms with E-state index in [1.54, 1.807) is 12.4 Å². The van der Waals surface area contributed by atoms with E-state index >= 15 is 0 Å². The van der Waals surface area contributed by atoms with Gasteiger partial charge in [-0.25, -0.2) is 0 Å². The Morgan fingerprint density at radius 3 is 2.72 bits per heavy atom. The highest BCUT2D eigenvalue weighted by atomic mass is 16.2. The van der Waals surface area contributed by atoms with Crippen molar-refractivity contribution < 1.29 is 4.79 Å². The van der Waals surface area contributed by atoms with E-state index in [4.69, 9.17) is 0 Å². The standard InChI is InChI=1S/C24H28N4O/c1-27(24(29)20-11-12-22-23(17-20)26-14-13-25-22)21-10-6-16-28(18-21)15-5-9-19-7-3-2-4-8-19/h2-4,7-8,11-14,17,21H,5-6,9-10,15-16,18H2,1H3. The zero-order valence-electron chi connectivity index (χ0n) is 17.0. The molecule has 1 amide bonds. The molecular weight excluding hydrogens is 360 g/mol. The van der Waals surface area contributed by atoms with Crippen LogP contribution in [0.3, 0.4) is 0 Å². The molecule has 2 aromatic carbocycles. The Morgan fingerprint density at radius 2 is 1.90 bits per heavy atom. The van der Waals surface area contributed by atoms with Crippen LogP contribution in [0, 0.1) is 0 Å². The number of carbonyl (C=O) groups excluding carboxylic acids is 1. The third-order valence-corrected chi connectivity index (χ3v) is 5.85. The van der Waals surface area contributed by atoms with Crippen LogP contribution in [0.4, 0.5) is 0 Å². The van der Waals surface area contributed by atoms with Crippen molar-refractivity contribution in [3.8, 4) is 0 Å². The van der Waals surface area contributed by atoms with Gasteiger partial charge in [0, 0.05) is 37.6 Å². The summed E-state index contributed by atoms with van der Waals surface area (Å²) >= 11 is 0. The van der Waals surface area contributed by atoms with Crippen molar-refractivity contribution in [2.45, 2.75) is 31.7 Å². The Bertz CT molecular complexity index is 959. The van der Waals surface area contributed by atoms with E-state index < -0.39 is 0 Å². The van der Waals surface area contributed by atoms with Gasteiger partial charge in [-0.1, -0.05) is 30.3 Å². The average Bonchev–Trinajstić information content (AvgIpc) is 2.78. The fraction of sp³-hybridized carbons (Fsp3) is 0.375. The van der Waals surface area contributed by atoms with Crippen LogP contribution in [-0.4, -0.2) is 58.4 Å². The van der Waals surface area contributed by atoms with Gasteiger partial charge in [0.15, 0.2) is 0 Å². The number of rotatable bonds is 6. The number of amides is 1. The van der Waals surface area contributed by atoms with Crippen molar-refractivity contribution in [2.24, 2.45) is 0 Å². The third-order valence-electron chi connectivity index (χ3n) is 5.85. The van der Waals surface area contributed by atoms with Gasteiger partial charge in [-0.3, -0.25) is 14.8 Å². The number of likely N-dealkylation sites (tertiary alicyclic amines) is 1. The van der Waals surface area contributed by atoms with Crippen LogP contribution >= 0.6 is 0 Å². The van der Waals surface area contributed by atoms with E-state index in [-0.39, 0.29) is 11.9 Å². The number of fused-ring (bicyclic) bond motifs is 1. The third kappa shape index (κ3) is 4.80. The van der Waals surface area contributed by atoms with Crippen LogP contribution < -0.4 is 0 Å². The van der Waals surface area contributed by atoms with E-state index in [0.29, 0.717) is 5.56 Å².